The number of ketones is 2. The minimum atomic E-state index is -2.93. The average molecular weight is 612 g/mol. The van der Waals surface area contributed by atoms with Crippen LogP contribution in [0.1, 0.15) is 75.5 Å². The summed E-state index contributed by atoms with van der Waals surface area (Å²) in [4.78, 5) is 43.6. The fraction of sp³-hybridized carbons (Fsp3) is 0.606. The molecule has 6 atom stereocenters. The number of phenols is 1. The van der Waals surface area contributed by atoms with Crippen LogP contribution >= 0.6 is 0 Å². The number of aliphatic hydroxyl groups excluding tert-OH is 3. The first-order valence-corrected chi connectivity index (χ1v) is 15.5. The topological polar surface area (TPSA) is 185 Å². The van der Waals surface area contributed by atoms with Crippen LogP contribution in [0.4, 0.5) is 0 Å². The average Bonchev–Trinajstić information content (AvgIpc) is 2.95. The largest absolute Gasteiger partial charge is 0.508 e. The molecule has 0 aromatic heterocycles. The van der Waals surface area contributed by atoms with Gasteiger partial charge in [-0.3, -0.25) is 19.3 Å². The molecule has 3 aliphatic carbocycles. The lowest BCUT2D eigenvalue weighted by Crippen LogP contribution is -2.70. The van der Waals surface area contributed by atoms with Crippen LogP contribution in [0.25, 0.3) is 5.76 Å². The second kappa shape index (κ2) is 11.3. The maximum atomic E-state index is 14.2. The Morgan fingerprint density at radius 2 is 1.75 bits per heavy atom. The number of hydrogen-bond donors (Lipinski definition) is 6. The number of phenolic OH excluding ortho intramolecular Hbond substituents is 1. The van der Waals surface area contributed by atoms with E-state index in [1.807, 2.05) is 19.9 Å². The van der Waals surface area contributed by atoms with E-state index in [0.717, 1.165) is 32.5 Å². The molecular formula is C33H45N3O8. The Kier molecular flexibility index (Phi) is 8.24. The Morgan fingerprint density at radius 1 is 1.11 bits per heavy atom. The number of benzene rings is 1. The maximum Gasteiger partial charge on any atom is 0.255 e. The zero-order valence-corrected chi connectivity index (χ0v) is 26.1. The normalized spacial score (nSPS) is 31.2. The number of aromatic hydroxyl groups is 1. The number of amides is 1. The van der Waals surface area contributed by atoms with Gasteiger partial charge in [-0.05, 0) is 76.3 Å². The van der Waals surface area contributed by atoms with Crippen molar-refractivity contribution in [3.05, 3.63) is 45.7 Å². The summed E-state index contributed by atoms with van der Waals surface area (Å²) in [5, 5.41) is 58.1. The van der Waals surface area contributed by atoms with E-state index in [2.05, 4.69) is 4.90 Å². The summed E-state index contributed by atoms with van der Waals surface area (Å²) in [7, 11) is 2.97. The van der Waals surface area contributed by atoms with Crippen LogP contribution < -0.4 is 5.73 Å². The standard InChI is InChI=1S/C33H45N3O8/c1-16-17-10-11-18(32(2,3)12-9-15-36-13-7-6-8-14-36)25(37)20(17)26(38)21-19(16)27(39)23-24(35(4)5)28(40)22(31(34)43)30(42)33(23,44)29(21)41/h10-11,16,19,23-24,27,37-39,42,44H,6-9,12-15H2,1-5H3,(H2,34,43)/t16-,19+,23+,24-,27-,33-/m0/s1. The molecule has 4 aliphatic rings. The molecule has 2 fully saturated rings. The molecule has 1 aromatic rings. The lowest BCUT2D eigenvalue weighted by Gasteiger charge is -2.53. The molecule has 1 aliphatic heterocycles. The van der Waals surface area contributed by atoms with Crippen molar-refractivity contribution in [2.24, 2.45) is 17.6 Å². The molecule has 5 rings (SSSR count). The van der Waals surface area contributed by atoms with Gasteiger partial charge in [-0.25, -0.2) is 0 Å². The number of rotatable bonds is 7. The first kappa shape index (κ1) is 32.2. The molecule has 11 heteroatoms. The molecule has 240 valence electrons. The number of Topliss-reactive ketones (excluding diaryl/α,β-unsaturated/α-hetero) is 2. The van der Waals surface area contributed by atoms with Gasteiger partial charge in [0.15, 0.2) is 11.4 Å². The Balaban J connectivity index is 1.59. The van der Waals surface area contributed by atoms with E-state index >= 15 is 0 Å². The van der Waals surface area contributed by atoms with Crippen LogP contribution in [0, 0.1) is 11.8 Å². The first-order chi connectivity index (χ1) is 20.6. The second-order valence-electron chi connectivity index (χ2n) is 13.9. The summed E-state index contributed by atoms with van der Waals surface area (Å²) < 4.78 is 0. The molecule has 0 spiro atoms. The molecule has 1 saturated carbocycles. The lowest BCUT2D eigenvalue weighted by atomic mass is 9.54. The molecule has 0 bridgehead atoms. The molecule has 11 nitrogen and oxygen atoms in total. The molecule has 1 amide bonds. The highest BCUT2D eigenvalue weighted by Gasteiger charge is 2.68. The Bertz CT molecular complexity index is 1460. The molecule has 7 N–H and O–H groups in total. The van der Waals surface area contributed by atoms with Gasteiger partial charge in [0.2, 0.25) is 5.78 Å². The van der Waals surface area contributed by atoms with E-state index in [9.17, 15) is 39.9 Å². The Hall–Kier alpha value is -3.25. The third kappa shape index (κ3) is 4.67. The van der Waals surface area contributed by atoms with Gasteiger partial charge < -0.3 is 36.2 Å². The molecule has 1 saturated heterocycles. The van der Waals surface area contributed by atoms with E-state index in [-0.39, 0.29) is 16.9 Å². The number of nitrogens with two attached hydrogens (primary N) is 1. The molecular weight excluding hydrogens is 566 g/mol. The zero-order chi connectivity index (χ0) is 32.5. The summed E-state index contributed by atoms with van der Waals surface area (Å²) in [5.74, 6) is -8.76. The van der Waals surface area contributed by atoms with Crippen molar-refractivity contribution < 1.29 is 39.9 Å². The highest BCUT2D eigenvalue weighted by Crippen LogP contribution is 2.57. The number of aliphatic hydroxyl groups is 4. The first-order valence-electron chi connectivity index (χ1n) is 15.5. The van der Waals surface area contributed by atoms with Gasteiger partial charge >= 0.3 is 0 Å². The predicted molar refractivity (Wildman–Crippen MR) is 163 cm³/mol. The minimum Gasteiger partial charge on any atom is -0.508 e. The SMILES string of the molecule is C[C@H]1c2ccc(C(C)(C)CCCN3CCCCC3)c(O)c2C(O)=C2C(=O)[C@]3(O)C(O)=C(C(N)=O)C(=O)[C@@H](N(C)C)[C@@H]3[C@@H](O)[C@@H]21. The van der Waals surface area contributed by atoms with Crippen molar-refractivity contribution in [3.8, 4) is 5.75 Å². The van der Waals surface area contributed by atoms with Crippen molar-refractivity contribution in [1.29, 1.82) is 0 Å². The van der Waals surface area contributed by atoms with Gasteiger partial charge in [-0.1, -0.05) is 39.3 Å². The van der Waals surface area contributed by atoms with Crippen LogP contribution in [0.3, 0.4) is 0 Å². The van der Waals surface area contributed by atoms with Crippen LogP contribution in [0.15, 0.2) is 29.0 Å². The van der Waals surface area contributed by atoms with Crippen molar-refractivity contribution in [3.63, 3.8) is 0 Å². The number of fused-ring (bicyclic) bond motifs is 3. The Labute approximate surface area is 257 Å². The quantitative estimate of drug-likeness (QED) is 0.249. The van der Waals surface area contributed by atoms with E-state index in [0.29, 0.717) is 11.1 Å². The van der Waals surface area contributed by atoms with Crippen molar-refractivity contribution >= 4 is 23.2 Å². The van der Waals surface area contributed by atoms with Crippen molar-refractivity contribution in [2.75, 3.05) is 33.7 Å². The van der Waals surface area contributed by atoms with Gasteiger partial charge in [0, 0.05) is 17.1 Å². The second-order valence-corrected chi connectivity index (χ2v) is 13.9. The summed E-state index contributed by atoms with van der Waals surface area (Å²) in [6.07, 6.45) is 3.73. The van der Waals surface area contributed by atoms with Gasteiger partial charge in [-0.15, -0.1) is 0 Å². The fourth-order valence-corrected chi connectivity index (χ4v) is 8.22. The zero-order valence-electron chi connectivity index (χ0n) is 26.1. The molecule has 1 aromatic carbocycles. The monoisotopic (exact) mass is 611 g/mol. The third-order valence-corrected chi connectivity index (χ3v) is 10.6. The van der Waals surface area contributed by atoms with E-state index in [1.165, 1.54) is 38.3 Å². The fourth-order valence-electron chi connectivity index (χ4n) is 8.22. The number of primary amides is 1. The van der Waals surface area contributed by atoms with Crippen LogP contribution in [0.2, 0.25) is 0 Å². The van der Waals surface area contributed by atoms with Gasteiger partial charge in [-0.2, -0.15) is 0 Å². The summed E-state index contributed by atoms with van der Waals surface area (Å²) in [6, 6.07) is 2.22. The summed E-state index contributed by atoms with van der Waals surface area (Å²) in [6.45, 7) is 8.90. The highest BCUT2D eigenvalue weighted by atomic mass is 16.4. The number of nitrogens with zero attached hydrogens (tertiary/aromatic N) is 2. The lowest BCUT2D eigenvalue weighted by molar-refractivity contribution is -0.169. The Morgan fingerprint density at radius 3 is 2.34 bits per heavy atom. The minimum absolute atomic E-state index is 0.0302. The summed E-state index contributed by atoms with van der Waals surface area (Å²) in [5.41, 5.74) is 1.79. The maximum absolute atomic E-state index is 14.2. The van der Waals surface area contributed by atoms with E-state index in [4.69, 9.17) is 5.73 Å². The van der Waals surface area contributed by atoms with Crippen LogP contribution in [-0.4, -0.2) is 104 Å². The molecule has 1 heterocycles. The number of likely N-dealkylation sites (N-methyl/N-ethyl adjacent to an activating group) is 1. The molecule has 44 heavy (non-hydrogen) atoms. The highest BCUT2D eigenvalue weighted by molar-refractivity contribution is 6.24. The number of hydrogen-bond acceptors (Lipinski definition) is 10. The van der Waals surface area contributed by atoms with Crippen LogP contribution in [-0.2, 0) is 19.8 Å². The number of carbonyl (C=O) groups excluding carboxylic acids is 3. The molecule has 0 unspecified atom stereocenters. The number of likely N-dealkylation sites (tertiary alicyclic amines) is 1. The number of carbonyl (C=O) groups is 3. The van der Waals surface area contributed by atoms with Gasteiger partial charge in [0.1, 0.15) is 22.8 Å². The predicted octanol–water partition coefficient (Wildman–Crippen LogP) is 2.04. The van der Waals surface area contributed by atoms with E-state index < -0.39 is 75.5 Å². The molecule has 0 radical (unpaired) electrons. The third-order valence-electron chi connectivity index (χ3n) is 10.6. The smallest absolute Gasteiger partial charge is 0.255 e. The van der Waals surface area contributed by atoms with Crippen molar-refractivity contribution in [2.45, 2.75) is 82.0 Å². The van der Waals surface area contributed by atoms with Crippen LogP contribution in [0.5, 0.6) is 5.75 Å². The van der Waals surface area contributed by atoms with Crippen molar-refractivity contribution in [1.82, 2.24) is 9.80 Å². The van der Waals surface area contributed by atoms with E-state index in [1.54, 1.807) is 13.0 Å². The summed E-state index contributed by atoms with van der Waals surface area (Å²) >= 11 is 0. The number of piperidine rings is 1. The van der Waals surface area contributed by atoms with Gasteiger partial charge in [0.25, 0.3) is 5.91 Å². The van der Waals surface area contributed by atoms with Gasteiger partial charge in [0.05, 0.1) is 23.6 Å².